The van der Waals surface area contributed by atoms with E-state index in [1.54, 1.807) is 13.0 Å². The molecule has 32 heavy (non-hydrogen) atoms. The van der Waals surface area contributed by atoms with E-state index in [2.05, 4.69) is 39.5 Å². The molecule has 0 unspecified atom stereocenters. The van der Waals surface area contributed by atoms with Crippen LogP contribution >= 0.6 is 0 Å². The molecule has 2 N–H and O–H groups in total. The van der Waals surface area contributed by atoms with Crippen molar-refractivity contribution in [2.75, 3.05) is 42.7 Å². The summed E-state index contributed by atoms with van der Waals surface area (Å²) in [7, 11) is 4.23. The molecule has 174 valence electrons. The fraction of sp³-hybridized carbons (Fsp3) is 0.625. The Bertz CT molecular complexity index is 890. The van der Waals surface area contributed by atoms with Gasteiger partial charge in [0.2, 0.25) is 17.8 Å². The van der Waals surface area contributed by atoms with Gasteiger partial charge in [-0.1, -0.05) is 31.7 Å². The van der Waals surface area contributed by atoms with Crippen LogP contribution in [0, 0.1) is 12.7 Å². The quantitative estimate of drug-likeness (QED) is 0.628. The summed E-state index contributed by atoms with van der Waals surface area (Å²) in [6.07, 6.45) is 9.50. The van der Waals surface area contributed by atoms with Crippen LogP contribution in [-0.2, 0) is 0 Å². The minimum atomic E-state index is -0.246. The number of anilines is 4. The molecule has 4 rings (SSSR count). The highest BCUT2D eigenvalue weighted by atomic mass is 19.1. The van der Waals surface area contributed by atoms with Crippen molar-refractivity contribution in [2.45, 2.75) is 70.4 Å². The van der Waals surface area contributed by atoms with E-state index >= 15 is 0 Å². The minimum Gasteiger partial charge on any atom is -0.351 e. The van der Waals surface area contributed by atoms with E-state index in [0.717, 1.165) is 38.8 Å². The Labute approximate surface area is 190 Å². The third-order valence-electron chi connectivity index (χ3n) is 6.79. The summed E-state index contributed by atoms with van der Waals surface area (Å²) >= 11 is 0. The molecule has 2 aliphatic rings. The number of nitrogens with one attached hydrogen (secondary N) is 2. The number of likely N-dealkylation sites (tertiary alicyclic amines) is 1. The number of rotatable bonds is 6. The molecule has 7 nitrogen and oxygen atoms in total. The predicted octanol–water partition coefficient (Wildman–Crippen LogP) is 4.73. The van der Waals surface area contributed by atoms with Gasteiger partial charge in [-0.05, 0) is 70.4 Å². The van der Waals surface area contributed by atoms with Crippen molar-refractivity contribution in [2.24, 2.45) is 0 Å². The first-order chi connectivity index (χ1) is 15.5. The van der Waals surface area contributed by atoms with Crippen molar-refractivity contribution >= 4 is 23.5 Å². The normalized spacial score (nSPS) is 18.9. The van der Waals surface area contributed by atoms with Crippen molar-refractivity contribution < 1.29 is 4.39 Å². The first kappa shape index (κ1) is 22.7. The molecule has 8 heteroatoms. The van der Waals surface area contributed by atoms with Crippen LogP contribution in [0.15, 0.2) is 18.2 Å². The predicted molar refractivity (Wildman–Crippen MR) is 128 cm³/mol. The van der Waals surface area contributed by atoms with Gasteiger partial charge < -0.3 is 20.4 Å². The number of halogens is 1. The lowest BCUT2D eigenvalue weighted by Crippen LogP contribution is -2.42. The monoisotopic (exact) mass is 441 g/mol. The van der Waals surface area contributed by atoms with Crippen molar-refractivity contribution in [1.29, 1.82) is 0 Å². The van der Waals surface area contributed by atoms with Crippen LogP contribution in [0.3, 0.4) is 0 Å². The summed E-state index contributed by atoms with van der Waals surface area (Å²) < 4.78 is 14.1. The SMILES string of the molecule is Cc1ccc(Nc2nc(NC3CCCCCC3)nc(N(C)C3CCN(C)CC3)n2)cc1F. The summed E-state index contributed by atoms with van der Waals surface area (Å²) in [6, 6.07) is 5.86. The molecule has 0 spiro atoms. The van der Waals surface area contributed by atoms with Gasteiger partial charge in [-0.25, -0.2) is 4.39 Å². The molecule has 2 aromatic rings. The van der Waals surface area contributed by atoms with E-state index in [1.807, 2.05) is 6.07 Å². The second kappa shape index (κ2) is 10.4. The number of aryl methyl sites for hydroxylation is 1. The standard InChI is InChI=1S/C24H36FN7/c1-17-10-11-19(16-21(17)25)27-23-28-22(26-18-8-6-4-5-7-9-18)29-24(30-23)32(3)20-12-14-31(2)15-13-20/h10-11,16,18,20H,4-9,12-15H2,1-3H3,(H2,26,27,28,29,30). The molecule has 0 atom stereocenters. The first-order valence-electron chi connectivity index (χ1n) is 11.9. The van der Waals surface area contributed by atoms with Crippen molar-refractivity contribution in [3.8, 4) is 0 Å². The van der Waals surface area contributed by atoms with Crippen LogP contribution in [0.5, 0.6) is 0 Å². The van der Waals surface area contributed by atoms with Crippen molar-refractivity contribution in [1.82, 2.24) is 19.9 Å². The Morgan fingerprint density at radius 3 is 2.34 bits per heavy atom. The van der Waals surface area contributed by atoms with Gasteiger partial charge in [0.25, 0.3) is 0 Å². The Morgan fingerprint density at radius 1 is 0.969 bits per heavy atom. The molecule has 1 aromatic heterocycles. The van der Waals surface area contributed by atoms with Crippen LogP contribution in [-0.4, -0.2) is 59.1 Å². The number of benzene rings is 1. The highest BCUT2D eigenvalue weighted by molar-refractivity contribution is 5.56. The average Bonchev–Trinajstić information content (AvgIpc) is 3.05. The maximum Gasteiger partial charge on any atom is 0.233 e. The lowest BCUT2D eigenvalue weighted by molar-refractivity contribution is 0.252. The van der Waals surface area contributed by atoms with E-state index in [0.29, 0.717) is 41.2 Å². The Kier molecular flexibility index (Phi) is 7.40. The van der Waals surface area contributed by atoms with Crippen LogP contribution < -0.4 is 15.5 Å². The van der Waals surface area contributed by atoms with Crippen LogP contribution in [0.4, 0.5) is 27.9 Å². The van der Waals surface area contributed by atoms with E-state index in [4.69, 9.17) is 9.97 Å². The Balaban J connectivity index is 1.58. The second-order valence-electron chi connectivity index (χ2n) is 9.35. The number of hydrogen-bond acceptors (Lipinski definition) is 7. The minimum absolute atomic E-state index is 0.246. The van der Waals surface area contributed by atoms with Gasteiger partial charge in [0.1, 0.15) is 5.82 Å². The molecule has 2 fully saturated rings. The van der Waals surface area contributed by atoms with Crippen molar-refractivity contribution in [3.63, 3.8) is 0 Å². The third kappa shape index (κ3) is 5.85. The highest BCUT2D eigenvalue weighted by Gasteiger charge is 2.24. The summed E-state index contributed by atoms with van der Waals surface area (Å²) in [4.78, 5) is 18.7. The van der Waals surface area contributed by atoms with Gasteiger partial charge in [-0.2, -0.15) is 15.0 Å². The zero-order valence-corrected chi connectivity index (χ0v) is 19.6. The van der Waals surface area contributed by atoms with Crippen molar-refractivity contribution in [3.05, 3.63) is 29.6 Å². The maximum atomic E-state index is 14.1. The molecule has 1 aliphatic heterocycles. The lowest BCUT2D eigenvalue weighted by Gasteiger charge is -2.35. The summed E-state index contributed by atoms with van der Waals surface area (Å²) in [5.41, 5.74) is 1.25. The van der Waals surface area contributed by atoms with Gasteiger partial charge in [0.05, 0.1) is 0 Å². The molecular formula is C24H36FN7. The van der Waals surface area contributed by atoms with Gasteiger partial charge in [-0.3, -0.25) is 0 Å². The topological polar surface area (TPSA) is 69.2 Å². The maximum absolute atomic E-state index is 14.1. The van der Waals surface area contributed by atoms with Gasteiger partial charge >= 0.3 is 0 Å². The number of nitrogens with zero attached hydrogens (tertiary/aromatic N) is 5. The summed E-state index contributed by atoms with van der Waals surface area (Å²) in [6.45, 7) is 3.90. The van der Waals surface area contributed by atoms with Gasteiger partial charge in [-0.15, -0.1) is 0 Å². The zero-order valence-electron chi connectivity index (χ0n) is 19.6. The molecule has 1 aromatic carbocycles. The van der Waals surface area contributed by atoms with Gasteiger partial charge in [0, 0.05) is 24.8 Å². The average molecular weight is 442 g/mol. The fourth-order valence-corrected chi connectivity index (χ4v) is 4.59. The second-order valence-corrected chi connectivity index (χ2v) is 9.35. The molecule has 0 radical (unpaired) electrons. The van der Waals surface area contributed by atoms with Crippen LogP contribution in [0.25, 0.3) is 0 Å². The zero-order chi connectivity index (χ0) is 22.5. The first-order valence-corrected chi connectivity index (χ1v) is 11.9. The van der Waals surface area contributed by atoms with Crippen LogP contribution in [0.1, 0.15) is 56.9 Å². The Hall–Kier alpha value is -2.48. The van der Waals surface area contributed by atoms with E-state index in [1.165, 1.54) is 31.7 Å². The van der Waals surface area contributed by atoms with E-state index < -0.39 is 0 Å². The van der Waals surface area contributed by atoms with Gasteiger partial charge in [0.15, 0.2) is 0 Å². The molecule has 0 amide bonds. The number of aromatic nitrogens is 3. The molecule has 0 bridgehead atoms. The van der Waals surface area contributed by atoms with E-state index in [-0.39, 0.29) is 5.82 Å². The van der Waals surface area contributed by atoms with Crippen LogP contribution in [0.2, 0.25) is 0 Å². The molecule has 1 saturated heterocycles. The molecular weight excluding hydrogens is 405 g/mol. The Morgan fingerprint density at radius 2 is 1.66 bits per heavy atom. The summed E-state index contributed by atoms with van der Waals surface area (Å²) in [5, 5.41) is 6.75. The summed E-state index contributed by atoms with van der Waals surface area (Å²) in [5.74, 6) is 1.44. The fourth-order valence-electron chi connectivity index (χ4n) is 4.59. The lowest BCUT2D eigenvalue weighted by atomic mass is 10.0. The number of piperidine rings is 1. The molecule has 1 saturated carbocycles. The molecule has 2 heterocycles. The molecule has 1 aliphatic carbocycles. The number of hydrogen-bond donors (Lipinski definition) is 2. The largest absolute Gasteiger partial charge is 0.351 e. The highest BCUT2D eigenvalue weighted by Crippen LogP contribution is 2.25. The smallest absolute Gasteiger partial charge is 0.233 e. The third-order valence-corrected chi connectivity index (χ3v) is 6.79. The van der Waals surface area contributed by atoms with E-state index in [9.17, 15) is 4.39 Å².